The van der Waals surface area contributed by atoms with Crippen LogP contribution in [-0.4, -0.2) is 22.3 Å². The largest absolute Gasteiger partial charge is 0.467 e. The summed E-state index contributed by atoms with van der Waals surface area (Å²) < 4.78 is 5.14. The van der Waals surface area contributed by atoms with Gasteiger partial charge in [0.05, 0.1) is 18.5 Å². The van der Waals surface area contributed by atoms with Crippen molar-refractivity contribution < 1.29 is 9.21 Å². The van der Waals surface area contributed by atoms with Crippen molar-refractivity contribution in [3.63, 3.8) is 0 Å². The number of carbonyl (C=O) groups is 1. The molecule has 0 aromatic carbocycles. The fraction of sp³-hybridized carbons (Fsp3) is 0.357. The zero-order chi connectivity index (χ0) is 14.7. The first-order chi connectivity index (χ1) is 10.2. The Morgan fingerprint density at radius 1 is 1.52 bits per heavy atom. The van der Waals surface area contributed by atoms with Gasteiger partial charge in [0.1, 0.15) is 5.76 Å². The van der Waals surface area contributed by atoms with E-state index in [1.54, 1.807) is 24.5 Å². The van der Waals surface area contributed by atoms with Crippen LogP contribution in [0.15, 0.2) is 33.7 Å². The van der Waals surface area contributed by atoms with Crippen molar-refractivity contribution in [2.75, 3.05) is 0 Å². The van der Waals surface area contributed by atoms with Gasteiger partial charge in [-0.3, -0.25) is 4.79 Å². The van der Waals surface area contributed by atoms with E-state index in [0.717, 1.165) is 24.1 Å². The topological polar surface area (TPSA) is 100 Å². The predicted molar refractivity (Wildman–Crippen MR) is 74.8 cm³/mol. The van der Waals surface area contributed by atoms with Crippen LogP contribution in [0.5, 0.6) is 0 Å². The van der Waals surface area contributed by atoms with Gasteiger partial charge in [-0.25, -0.2) is 9.89 Å². The van der Waals surface area contributed by atoms with Crippen LogP contribution >= 0.6 is 0 Å². The number of aromatic amines is 1. The Balaban J connectivity index is 1.54. The van der Waals surface area contributed by atoms with Crippen molar-refractivity contribution in [1.82, 2.24) is 20.8 Å². The maximum absolute atomic E-state index is 11.8. The first-order valence-corrected chi connectivity index (χ1v) is 6.85. The summed E-state index contributed by atoms with van der Waals surface area (Å²) in [4.78, 5) is 23.1. The minimum atomic E-state index is -0.238. The van der Waals surface area contributed by atoms with Crippen molar-refractivity contribution in [3.05, 3.63) is 51.8 Å². The lowest BCUT2D eigenvalue weighted by atomic mass is 9.92. The third-order valence-electron chi connectivity index (χ3n) is 3.51. The molecule has 7 heteroatoms. The summed E-state index contributed by atoms with van der Waals surface area (Å²) in [5.74, 6) is 0.704. The Morgan fingerprint density at radius 2 is 2.43 bits per heavy atom. The minimum Gasteiger partial charge on any atom is -0.467 e. The second-order valence-electron chi connectivity index (χ2n) is 5.05. The Kier molecular flexibility index (Phi) is 3.72. The molecule has 2 aromatic rings. The molecule has 3 rings (SSSR count). The zero-order valence-electron chi connectivity index (χ0n) is 11.4. The van der Waals surface area contributed by atoms with Gasteiger partial charge < -0.3 is 15.1 Å². The Morgan fingerprint density at radius 3 is 3.24 bits per heavy atom. The van der Waals surface area contributed by atoms with Crippen LogP contribution in [-0.2, 0) is 19.4 Å². The number of hydrogen-bond acceptors (Lipinski definition) is 4. The number of amides is 2. The summed E-state index contributed by atoms with van der Waals surface area (Å²) in [5, 5.41) is 12.1. The fourth-order valence-corrected chi connectivity index (χ4v) is 2.48. The lowest BCUT2D eigenvalue weighted by molar-refractivity contribution is 0.234. The highest BCUT2D eigenvalue weighted by molar-refractivity contribution is 5.74. The number of fused-ring (bicyclic) bond motifs is 1. The second-order valence-corrected chi connectivity index (χ2v) is 5.05. The van der Waals surface area contributed by atoms with Crippen LogP contribution < -0.4 is 16.2 Å². The molecule has 0 saturated heterocycles. The van der Waals surface area contributed by atoms with Gasteiger partial charge in [0.25, 0.3) is 5.56 Å². The highest BCUT2D eigenvalue weighted by Gasteiger charge is 2.21. The summed E-state index contributed by atoms with van der Waals surface area (Å²) >= 11 is 0. The Bertz CT molecular complexity index is 678. The Hall–Kier alpha value is -2.57. The van der Waals surface area contributed by atoms with E-state index in [2.05, 4.69) is 20.8 Å². The quantitative estimate of drug-likeness (QED) is 0.774. The van der Waals surface area contributed by atoms with E-state index >= 15 is 0 Å². The van der Waals surface area contributed by atoms with Gasteiger partial charge in [-0.15, -0.1) is 0 Å². The van der Waals surface area contributed by atoms with Crippen molar-refractivity contribution in [2.24, 2.45) is 0 Å². The molecule has 2 heterocycles. The van der Waals surface area contributed by atoms with Crippen LogP contribution in [0, 0.1) is 0 Å². The van der Waals surface area contributed by atoms with Crippen LogP contribution in [0.2, 0.25) is 0 Å². The van der Waals surface area contributed by atoms with Crippen LogP contribution in [0.25, 0.3) is 0 Å². The van der Waals surface area contributed by atoms with Crippen molar-refractivity contribution in [3.8, 4) is 0 Å². The van der Waals surface area contributed by atoms with Gasteiger partial charge in [0, 0.05) is 12.1 Å². The molecule has 1 aliphatic carbocycles. The molecule has 0 saturated carbocycles. The number of rotatable bonds is 3. The fourth-order valence-electron chi connectivity index (χ4n) is 2.48. The number of nitrogens with zero attached hydrogens (tertiary/aromatic N) is 1. The maximum atomic E-state index is 11.8. The molecule has 0 aliphatic heterocycles. The molecule has 7 nitrogen and oxygen atoms in total. The SMILES string of the molecule is O=C(NCc1ccco1)NC1CCc2n[nH]c(=O)cc2C1. The van der Waals surface area contributed by atoms with E-state index in [1.807, 2.05) is 0 Å². The molecule has 1 aliphatic rings. The molecule has 0 bridgehead atoms. The highest BCUT2D eigenvalue weighted by Crippen LogP contribution is 2.17. The van der Waals surface area contributed by atoms with Gasteiger partial charge in [-0.2, -0.15) is 5.10 Å². The van der Waals surface area contributed by atoms with Crippen molar-refractivity contribution >= 4 is 6.03 Å². The number of H-pyrrole nitrogens is 1. The lowest BCUT2D eigenvalue weighted by Gasteiger charge is -2.24. The van der Waals surface area contributed by atoms with Crippen molar-refractivity contribution in [2.45, 2.75) is 31.8 Å². The summed E-state index contributed by atoms with van der Waals surface area (Å²) in [6.07, 6.45) is 3.74. The number of hydrogen-bond donors (Lipinski definition) is 3. The smallest absolute Gasteiger partial charge is 0.315 e. The van der Waals surface area contributed by atoms with Crippen LogP contribution in [0.3, 0.4) is 0 Å². The van der Waals surface area contributed by atoms with Gasteiger partial charge >= 0.3 is 6.03 Å². The summed E-state index contributed by atoms with van der Waals surface area (Å²) in [5.41, 5.74) is 1.60. The molecule has 2 aromatic heterocycles. The molecule has 0 fully saturated rings. The standard InChI is InChI=1S/C14H16N4O3/c19-13-7-9-6-10(3-4-12(9)17-18-13)16-14(20)15-8-11-2-1-5-21-11/h1-2,5,7,10H,3-4,6,8H2,(H,18,19)(H2,15,16,20). The summed E-state index contributed by atoms with van der Waals surface area (Å²) in [6.45, 7) is 0.351. The third kappa shape index (κ3) is 3.31. The van der Waals surface area contributed by atoms with Crippen LogP contribution in [0.4, 0.5) is 4.79 Å². The van der Waals surface area contributed by atoms with Crippen LogP contribution in [0.1, 0.15) is 23.4 Å². The molecule has 0 radical (unpaired) electrons. The van der Waals surface area contributed by atoms with Gasteiger partial charge in [-0.05, 0) is 37.0 Å². The summed E-state index contributed by atoms with van der Waals surface area (Å²) in [7, 11) is 0. The number of carbonyl (C=O) groups excluding carboxylic acids is 1. The van der Waals surface area contributed by atoms with E-state index in [0.29, 0.717) is 18.7 Å². The molecular formula is C14H16N4O3. The third-order valence-corrected chi connectivity index (χ3v) is 3.51. The molecule has 0 spiro atoms. The maximum Gasteiger partial charge on any atom is 0.315 e. The first kappa shape index (κ1) is 13.4. The van der Waals surface area contributed by atoms with E-state index in [1.165, 1.54) is 0 Å². The number of nitrogens with one attached hydrogen (secondary N) is 3. The average molecular weight is 288 g/mol. The number of aromatic nitrogens is 2. The normalized spacial score (nSPS) is 17.0. The van der Waals surface area contributed by atoms with E-state index < -0.39 is 0 Å². The molecule has 3 N–H and O–H groups in total. The Labute approximate surface area is 120 Å². The zero-order valence-corrected chi connectivity index (χ0v) is 11.4. The molecular weight excluding hydrogens is 272 g/mol. The minimum absolute atomic E-state index is 0.0118. The summed E-state index contributed by atoms with van der Waals surface area (Å²) in [6, 6.07) is 4.90. The highest BCUT2D eigenvalue weighted by atomic mass is 16.3. The number of aryl methyl sites for hydroxylation is 1. The van der Waals surface area contributed by atoms with Gasteiger partial charge in [-0.1, -0.05) is 0 Å². The molecule has 1 unspecified atom stereocenters. The molecule has 2 amide bonds. The average Bonchev–Trinajstić information content (AvgIpc) is 2.98. The van der Waals surface area contributed by atoms with Gasteiger partial charge in [0.15, 0.2) is 0 Å². The predicted octanol–water partition coefficient (Wildman–Crippen LogP) is 0.720. The van der Waals surface area contributed by atoms with Gasteiger partial charge in [0.2, 0.25) is 0 Å². The molecule has 1 atom stereocenters. The molecule has 110 valence electrons. The molecule has 21 heavy (non-hydrogen) atoms. The lowest BCUT2D eigenvalue weighted by Crippen LogP contribution is -2.44. The number of urea groups is 1. The van der Waals surface area contributed by atoms with E-state index in [9.17, 15) is 9.59 Å². The number of furan rings is 1. The second kappa shape index (κ2) is 5.82. The van der Waals surface area contributed by atoms with E-state index in [4.69, 9.17) is 4.42 Å². The van der Waals surface area contributed by atoms with Crippen molar-refractivity contribution in [1.29, 1.82) is 0 Å². The first-order valence-electron chi connectivity index (χ1n) is 6.85. The monoisotopic (exact) mass is 288 g/mol. The van der Waals surface area contributed by atoms with E-state index in [-0.39, 0.29) is 17.6 Å².